The summed E-state index contributed by atoms with van der Waals surface area (Å²) in [5, 5.41) is 25.1. The lowest BCUT2D eigenvalue weighted by Crippen LogP contribution is -2.68. The Balaban J connectivity index is 1.49. The molecule has 5 N–H and O–H groups in total. The highest BCUT2D eigenvalue weighted by Gasteiger charge is 2.52. The number of methoxy groups -OCH3 is 2. The number of amides is 1. The number of ether oxygens (including phenoxy) is 9. The maximum Gasteiger partial charge on any atom is 0.217 e. The Morgan fingerprint density at radius 3 is 2.17 bits per heavy atom. The maximum absolute atomic E-state index is 12.1. The molecule has 0 aromatic carbocycles. The van der Waals surface area contributed by atoms with Crippen LogP contribution in [-0.4, -0.2) is 138 Å². The molecule has 14 nitrogen and oxygen atoms in total. The highest BCUT2D eigenvalue weighted by atomic mass is 16.8. The molecule has 0 aromatic rings. The number of nitrogens with one attached hydrogen (secondary N) is 1. The fourth-order valence-electron chi connectivity index (χ4n) is 5.31. The number of hydrogen-bond acceptors (Lipinski definition) is 13. The van der Waals surface area contributed by atoms with Gasteiger partial charge in [0.2, 0.25) is 5.91 Å². The van der Waals surface area contributed by atoms with E-state index in [4.69, 9.17) is 48.4 Å². The fourth-order valence-corrected chi connectivity index (χ4v) is 5.31. The molecule has 0 aromatic heterocycles. The van der Waals surface area contributed by atoms with Crippen LogP contribution in [0.4, 0.5) is 0 Å². The van der Waals surface area contributed by atoms with E-state index in [0.717, 1.165) is 0 Å². The number of hydrogen-bond donors (Lipinski definition) is 4. The van der Waals surface area contributed by atoms with Crippen molar-refractivity contribution in [3.05, 3.63) is 0 Å². The van der Waals surface area contributed by atoms with Crippen LogP contribution >= 0.6 is 0 Å². The van der Waals surface area contributed by atoms with Gasteiger partial charge in [0.25, 0.3) is 0 Å². The zero-order valence-electron chi connectivity index (χ0n) is 24.0. The van der Waals surface area contributed by atoms with Gasteiger partial charge in [-0.1, -0.05) is 13.8 Å². The van der Waals surface area contributed by atoms with Crippen LogP contribution in [0.15, 0.2) is 0 Å². The van der Waals surface area contributed by atoms with Crippen molar-refractivity contribution < 1.29 is 57.6 Å². The van der Waals surface area contributed by atoms with Crippen molar-refractivity contribution in [2.24, 2.45) is 16.6 Å². The van der Waals surface area contributed by atoms with E-state index >= 15 is 0 Å². The van der Waals surface area contributed by atoms with Gasteiger partial charge < -0.3 is 63.9 Å². The van der Waals surface area contributed by atoms with Crippen molar-refractivity contribution >= 4 is 5.91 Å². The second-order valence-corrected chi connectivity index (χ2v) is 12.0. The molecule has 1 amide bonds. The van der Waals surface area contributed by atoms with Crippen molar-refractivity contribution in [3.8, 4) is 0 Å². The van der Waals surface area contributed by atoms with E-state index in [1.54, 1.807) is 0 Å². The van der Waals surface area contributed by atoms with E-state index in [1.165, 1.54) is 21.1 Å². The first-order valence-electron chi connectivity index (χ1n) is 13.7. The van der Waals surface area contributed by atoms with Gasteiger partial charge in [-0.05, 0) is 6.42 Å². The van der Waals surface area contributed by atoms with E-state index < -0.39 is 67.4 Å². The Kier molecular flexibility index (Phi) is 10.8. The van der Waals surface area contributed by atoms with Crippen LogP contribution in [-0.2, 0) is 47.4 Å². The normalized spacial score (nSPS) is 40.6. The zero-order valence-corrected chi connectivity index (χ0v) is 24.0. The standard InChI is InChI=1S/C26H46N2O12/c1-14(29)28-17-19(31)20(32-4)15(8-34-11-26(3)12-36-13-26)38-23(17)39-21-18(30)16(27)22(33-5)40-24(21)37-7-6-25(2)9-35-10-25/h15-24,30-31H,6-13,27H2,1-5H3,(H,28,29). The zero-order chi connectivity index (χ0) is 29.1. The number of carbonyl (C=O) groups excluding carboxylic acids is 1. The molecule has 0 spiro atoms. The monoisotopic (exact) mass is 578 g/mol. The number of aliphatic hydroxyl groups is 2. The first-order chi connectivity index (χ1) is 19.0. The van der Waals surface area contributed by atoms with Crippen LogP contribution in [0.25, 0.3) is 0 Å². The van der Waals surface area contributed by atoms with Crippen molar-refractivity contribution in [3.63, 3.8) is 0 Å². The first-order valence-corrected chi connectivity index (χ1v) is 13.7. The molecule has 40 heavy (non-hydrogen) atoms. The molecule has 0 bridgehead atoms. The molecule has 4 heterocycles. The van der Waals surface area contributed by atoms with Crippen molar-refractivity contribution in [1.82, 2.24) is 5.32 Å². The van der Waals surface area contributed by atoms with Crippen molar-refractivity contribution in [2.45, 2.75) is 88.7 Å². The predicted octanol–water partition coefficient (Wildman–Crippen LogP) is -1.51. The van der Waals surface area contributed by atoms with Gasteiger partial charge in [-0.25, -0.2) is 0 Å². The molecule has 10 atom stereocenters. The Hall–Kier alpha value is -1.01. The molecule has 4 saturated heterocycles. The lowest BCUT2D eigenvalue weighted by molar-refractivity contribution is -0.365. The summed E-state index contributed by atoms with van der Waals surface area (Å²) in [6.07, 6.45) is -7.74. The van der Waals surface area contributed by atoms with Crippen LogP contribution in [0.5, 0.6) is 0 Å². The number of rotatable bonds is 13. The topological polar surface area (TPSA) is 179 Å². The molecule has 14 heteroatoms. The Labute approximate surface area is 235 Å². The molecular weight excluding hydrogens is 532 g/mol. The molecule has 232 valence electrons. The lowest BCUT2D eigenvalue weighted by Gasteiger charge is -2.48. The van der Waals surface area contributed by atoms with Crippen LogP contribution in [0.1, 0.15) is 27.2 Å². The molecular formula is C26H46N2O12. The summed E-state index contributed by atoms with van der Waals surface area (Å²) < 4.78 is 51.8. The third kappa shape index (κ3) is 7.30. The van der Waals surface area contributed by atoms with Gasteiger partial charge >= 0.3 is 0 Å². The SMILES string of the molecule is COC1OC(OCCC2(C)COC2)C(OC2OC(COCC3(C)COC3)C(OC)C(O)C2NC(C)=O)C(O)C1N. The molecule has 0 radical (unpaired) electrons. The Morgan fingerprint density at radius 2 is 1.62 bits per heavy atom. The average molecular weight is 579 g/mol. The summed E-state index contributed by atoms with van der Waals surface area (Å²) in [7, 11) is 2.86. The first kappa shape index (κ1) is 31.9. The number of aliphatic hydroxyl groups excluding tert-OH is 2. The minimum Gasteiger partial charge on any atom is -0.388 e. The smallest absolute Gasteiger partial charge is 0.217 e. The van der Waals surface area contributed by atoms with E-state index in [0.29, 0.717) is 46.1 Å². The van der Waals surface area contributed by atoms with Gasteiger partial charge in [-0.15, -0.1) is 0 Å². The minimum atomic E-state index is -1.28. The molecule has 4 fully saturated rings. The van der Waals surface area contributed by atoms with Crippen molar-refractivity contribution in [1.29, 1.82) is 0 Å². The minimum absolute atomic E-state index is 0.00114. The van der Waals surface area contributed by atoms with Gasteiger partial charge in [-0.3, -0.25) is 4.79 Å². The largest absolute Gasteiger partial charge is 0.388 e. The Morgan fingerprint density at radius 1 is 0.950 bits per heavy atom. The quantitative estimate of drug-likeness (QED) is 0.198. The van der Waals surface area contributed by atoms with Crippen LogP contribution < -0.4 is 11.1 Å². The lowest BCUT2D eigenvalue weighted by atomic mass is 9.85. The second kappa shape index (κ2) is 13.5. The summed E-state index contributed by atoms with van der Waals surface area (Å²) in [6.45, 7) is 8.77. The van der Waals surface area contributed by atoms with Gasteiger partial charge in [0.15, 0.2) is 18.9 Å². The molecule has 4 rings (SSSR count). The van der Waals surface area contributed by atoms with Gasteiger partial charge in [-0.2, -0.15) is 0 Å². The average Bonchev–Trinajstić information content (AvgIpc) is 2.87. The third-order valence-corrected chi connectivity index (χ3v) is 7.94. The molecule has 4 aliphatic rings. The van der Waals surface area contributed by atoms with Crippen LogP contribution in [0.3, 0.4) is 0 Å². The molecule has 0 saturated carbocycles. The summed E-state index contributed by atoms with van der Waals surface area (Å²) in [5.74, 6) is -0.413. The van der Waals surface area contributed by atoms with E-state index in [1.807, 2.05) is 0 Å². The molecule has 0 aliphatic carbocycles. The van der Waals surface area contributed by atoms with Crippen LogP contribution in [0.2, 0.25) is 0 Å². The fraction of sp³-hybridized carbons (Fsp3) is 0.962. The predicted molar refractivity (Wildman–Crippen MR) is 137 cm³/mol. The molecule has 4 aliphatic heterocycles. The third-order valence-electron chi connectivity index (χ3n) is 7.94. The summed E-state index contributed by atoms with van der Waals surface area (Å²) in [5.41, 5.74) is 6.11. The number of nitrogens with two attached hydrogens (primary N) is 1. The Bertz CT molecular complexity index is 828. The molecule has 10 unspecified atom stereocenters. The van der Waals surface area contributed by atoms with Crippen molar-refractivity contribution in [2.75, 3.05) is 60.5 Å². The second-order valence-electron chi connectivity index (χ2n) is 12.0. The van der Waals surface area contributed by atoms with Crippen LogP contribution in [0, 0.1) is 10.8 Å². The summed E-state index contributed by atoms with van der Waals surface area (Å²) >= 11 is 0. The van der Waals surface area contributed by atoms with E-state index in [2.05, 4.69) is 19.2 Å². The highest BCUT2D eigenvalue weighted by molar-refractivity contribution is 5.73. The van der Waals surface area contributed by atoms with E-state index in [-0.39, 0.29) is 17.4 Å². The van der Waals surface area contributed by atoms with Gasteiger partial charge in [0.05, 0.1) is 52.3 Å². The summed E-state index contributed by atoms with van der Waals surface area (Å²) in [6, 6.07) is -2.00. The highest BCUT2D eigenvalue weighted by Crippen LogP contribution is 2.33. The van der Waals surface area contributed by atoms with Gasteiger partial charge in [0.1, 0.15) is 36.6 Å². The summed E-state index contributed by atoms with van der Waals surface area (Å²) in [4.78, 5) is 12.1. The van der Waals surface area contributed by atoms with Gasteiger partial charge in [0, 0.05) is 32.0 Å². The maximum atomic E-state index is 12.1. The number of carbonyl (C=O) groups is 1. The van der Waals surface area contributed by atoms with E-state index in [9.17, 15) is 15.0 Å².